The Bertz CT molecular complexity index is 692. The van der Waals surface area contributed by atoms with Crippen LogP contribution in [0.5, 0.6) is 5.75 Å². The van der Waals surface area contributed by atoms with Gasteiger partial charge in [-0.3, -0.25) is 9.48 Å². The molecule has 0 N–H and O–H groups in total. The van der Waals surface area contributed by atoms with Crippen molar-refractivity contribution in [2.45, 2.75) is 20.0 Å². The van der Waals surface area contributed by atoms with E-state index in [1.807, 2.05) is 31.2 Å². The number of likely N-dealkylation sites (N-methyl/N-ethyl adjacent to an activating group) is 1. The summed E-state index contributed by atoms with van der Waals surface area (Å²) in [4.78, 5) is 13.7. The first-order chi connectivity index (χ1) is 11.0. The molecule has 1 amide bonds. The topological polar surface area (TPSA) is 47.4 Å². The van der Waals surface area contributed by atoms with Crippen LogP contribution in [0.25, 0.3) is 6.08 Å². The van der Waals surface area contributed by atoms with Crippen molar-refractivity contribution in [1.29, 1.82) is 0 Å². The lowest BCUT2D eigenvalue weighted by atomic mass is 10.2. The summed E-state index contributed by atoms with van der Waals surface area (Å²) in [5, 5.41) is 4.92. The van der Waals surface area contributed by atoms with Crippen molar-refractivity contribution in [3.63, 3.8) is 0 Å². The number of hydrogen-bond donors (Lipinski definition) is 0. The molecule has 0 aliphatic heterocycles. The molecule has 0 fully saturated rings. The highest BCUT2D eigenvalue weighted by atomic mass is 35.5. The third-order valence-electron chi connectivity index (χ3n) is 3.41. The van der Waals surface area contributed by atoms with E-state index >= 15 is 0 Å². The van der Waals surface area contributed by atoms with Gasteiger partial charge in [0.25, 0.3) is 0 Å². The fraction of sp³-hybridized carbons (Fsp3) is 0.294. The number of halogens is 1. The maximum absolute atomic E-state index is 12.2. The number of aromatic nitrogens is 2. The molecule has 0 saturated carbocycles. The number of methoxy groups -OCH3 is 1. The Balaban J connectivity index is 1.98. The molecule has 5 nitrogen and oxygen atoms in total. The van der Waals surface area contributed by atoms with Crippen LogP contribution in [-0.2, 0) is 17.9 Å². The molecule has 0 spiro atoms. The van der Waals surface area contributed by atoms with Crippen LogP contribution in [0.3, 0.4) is 0 Å². The quantitative estimate of drug-likeness (QED) is 0.762. The predicted molar refractivity (Wildman–Crippen MR) is 91.4 cm³/mol. The van der Waals surface area contributed by atoms with Gasteiger partial charge in [0.15, 0.2) is 0 Å². The number of carbonyl (C=O) groups is 1. The maximum Gasteiger partial charge on any atom is 0.246 e. The molecule has 0 bridgehead atoms. The van der Waals surface area contributed by atoms with E-state index in [4.69, 9.17) is 16.3 Å². The van der Waals surface area contributed by atoms with Crippen molar-refractivity contribution in [3.05, 3.63) is 52.8 Å². The van der Waals surface area contributed by atoms with Gasteiger partial charge < -0.3 is 9.64 Å². The van der Waals surface area contributed by atoms with Crippen LogP contribution in [0.4, 0.5) is 0 Å². The molecule has 0 atom stereocenters. The van der Waals surface area contributed by atoms with Crippen LogP contribution in [-0.4, -0.2) is 34.7 Å². The van der Waals surface area contributed by atoms with E-state index < -0.39 is 0 Å². The van der Waals surface area contributed by atoms with E-state index in [1.165, 1.54) is 6.08 Å². The van der Waals surface area contributed by atoms with E-state index in [0.29, 0.717) is 17.3 Å². The molecule has 0 aliphatic rings. The second kappa shape index (κ2) is 7.83. The van der Waals surface area contributed by atoms with Crippen molar-refractivity contribution < 1.29 is 9.53 Å². The van der Waals surface area contributed by atoms with Gasteiger partial charge in [-0.1, -0.05) is 23.7 Å². The van der Waals surface area contributed by atoms with E-state index in [2.05, 4.69) is 5.10 Å². The smallest absolute Gasteiger partial charge is 0.246 e. The fourth-order valence-electron chi connectivity index (χ4n) is 2.02. The molecule has 122 valence electrons. The molecular formula is C17H20ClN3O2. The molecule has 6 heteroatoms. The Labute approximate surface area is 141 Å². The molecule has 0 aliphatic carbocycles. The average molecular weight is 334 g/mol. The van der Waals surface area contributed by atoms with Gasteiger partial charge in [-0.2, -0.15) is 5.10 Å². The number of hydrogen-bond acceptors (Lipinski definition) is 3. The lowest BCUT2D eigenvalue weighted by Crippen LogP contribution is -2.24. The van der Waals surface area contributed by atoms with E-state index in [0.717, 1.165) is 17.9 Å². The van der Waals surface area contributed by atoms with Gasteiger partial charge in [0.2, 0.25) is 5.91 Å². The molecule has 2 rings (SSSR count). The molecule has 2 aromatic rings. The Morgan fingerprint density at radius 3 is 2.65 bits per heavy atom. The second-order valence-corrected chi connectivity index (χ2v) is 5.49. The Morgan fingerprint density at radius 1 is 1.39 bits per heavy atom. The summed E-state index contributed by atoms with van der Waals surface area (Å²) in [6.45, 7) is 3.10. The summed E-state index contributed by atoms with van der Waals surface area (Å²) >= 11 is 6.12. The average Bonchev–Trinajstić information content (AvgIpc) is 2.93. The first-order valence-electron chi connectivity index (χ1n) is 7.32. The van der Waals surface area contributed by atoms with Gasteiger partial charge in [0.1, 0.15) is 11.4 Å². The van der Waals surface area contributed by atoms with Crippen molar-refractivity contribution in [3.8, 4) is 5.75 Å². The first-order valence-corrected chi connectivity index (χ1v) is 7.70. The van der Waals surface area contributed by atoms with Crippen molar-refractivity contribution in [2.75, 3.05) is 14.2 Å². The predicted octanol–water partition coefficient (Wildman–Crippen LogP) is 3.24. The second-order valence-electron chi connectivity index (χ2n) is 5.08. The fourth-order valence-corrected chi connectivity index (χ4v) is 2.23. The highest BCUT2D eigenvalue weighted by Gasteiger charge is 2.12. The van der Waals surface area contributed by atoms with Crippen LogP contribution < -0.4 is 4.74 Å². The SMILES string of the molecule is CCn1cc(Cl)c(CN(C)C(=O)/C=C/c2ccc(OC)cc2)n1. The minimum absolute atomic E-state index is 0.108. The standard InChI is InChI=1S/C17H20ClN3O2/c1-4-21-11-15(18)16(19-21)12-20(2)17(22)10-7-13-5-8-14(23-3)9-6-13/h5-11H,4,12H2,1-3H3/b10-7+. The Hall–Kier alpha value is -2.27. The van der Waals surface area contributed by atoms with Crippen LogP contribution in [0.1, 0.15) is 18.2 Å². The van der Waals surface area contributed by atoms with E-state index in [1.54, 1.807) is 36.0 Å². The maximum atomic E-state index is 12.2. The Kier molecular flexibility index (Phi) is 5.82. The number of benzene rings is 1. The van der Waals surface area contributed by atoms with Gasteiger partial charge in [-0.15, -0.1) is 0 Å². The molecular weight excluding hydrogens is 314 g/mol. The van der Waals surface area contributed by atoms with Crippen LogP contribution >= 0.6 is 11.6 Å². The minimum Gasteiger partial charge on any atom is -0.497 e. The summed E-state index contributed by atoms with van der Waals surface area (Å²) < 4.78 is 6.85. The highest BCUT2D eigenvalue weighted by Crippen LogP contribution is 2.16. The summed E-state index contributed by atoms with van der Waals surface area (Å²) in [6.07, 6.45) is 5.07. The van der Waals surface area contributed by atoms with Gasteiger partial charge in [0, 0.05) is 25.9 Å². The summed E-state index contributed by atoms with van der Waals surface area (Å²) in [5.41, 5.74) is 1.63. The van der Waals surface area contributed by atoms with Gasteiger partial charge in [-0.25, -0.2) is 0 Å². The van der Waals surface area contributed by atoms with Crippen LogP contribution in [0.15, 0.2) is 36.5 Å². The van der Waals surface area contributed by atoms with Gasteiger partial charge in [0.05, 0.1) is 18.7 Å². The lowest BCUT2D eigenvalue weighted by Gasteiger charge is -2.13. The molecule has 0 saturated heterocycles. The molecule has 1 heterocycles. The number of aryl methyl sites for hydroxylation is 1. The molecule has 1 aromatic heterocycles. The number of carbonyl (C=O) groups excluding carboxylic acids is 1. The zero-order valence-electron chi connectivity index (χ0n) is 13.5. The van der Waals surface area contributed by atoms with Crippen molar-refractivity contribution in [2.24, 2.45) is 0 Å². The number of rotatable bonds is 6. The van der Waals surface area contributed by atoms with Crippen LogP contribution in [0, 0.1) is 0 Å². The zero-order valence-corrected chi connectivity index (χ0v) is 14.2. The zero-order chi connectivity index (χ0) is 16.8. The summed E-state index contributed by atoms with van der Waals surface area (Å²) in [5.74, 6) is 0.676. The third-order valence-corrected chi connectivity index (χ3v) is 3.72. The monoisotopic (exact) mass is 333 g/mol. The van der Waals surface area contributed by atoms with Crippen molar-refractivity contribution >= 4 is 23.6 Å². The number of nitrogens with zero attached hydrogens (tertiary/aromatic N) is 3. The molecule has 23 heavy (non-hydrogen) atoms. The number of amides is 1. The summed E-state index contributed by atoms with van der Waals surface area (Å²) in [6, 6.07) is 7.49. The Morgan fingerprint density at radius 2 is 2.09 bits per heavy atom. The van der Waals surface area contributed by atoms with Crippen molar-refractivity contribution in [1.82, 2.24) is 14.7 Å². The van der Waals surface area contributed by atoms with Crippen LogP contribution in [0.2, 0.25) is 5.02 Å². The molecule has 1 aromatic carbocycles. The van der Waals surface area contributed by atoms with Gasteiger partial charge >= 0.3 is 0 Å². The molecule has 0 unspecified atom stereocenters. The lowest BCUT2D eigenvalue weighted by molar-refractivity contribution is -0.125. The van der Waals surface area contributed by atoms with Gasteiger partial charge in [-0.05, 0) is 30.7 Å². The highest BCUT2D eigenvalue weighted by molar-refractivity contribution is 6.31. The van der Waals surface area contributed by atoms with E-state index in [-0.39, 0.29) is 5.91 Å². The van der Waals surface area contributed by atoms with E-state index in [9.17, 15) is 4.79 Å². The summed E-state index contributed by atoms with van der Waals surface area (Å²) in [7, 11) is 3.34. The first kappa shape index (κ1) is 17.1. The number of ether oxygens (including phenoxy) is 1. The normalized spacial score (nSPS) is 11.0. The minimum atomic E-state index is -0.108. The largest absolute Gasteiger partial charge is 0.497 e. The molecule has 0 radical (unpaired) electrons. The third kappa shape index (κ3) is 4.60.